The standard InChI is InChI=1S/C16H15BrClN3/c1-19-9-15-13-4-2-3-5-16(13)21(20-15)10-11-6-7-12(17)8-14(11)18/h2-8,19H,9-10H2,1H3. The highest BCUT2D eigenvalue weighted by molar-refractivity contribution is 9.10. The van der Waals surface area contributed by atoms with Crippen molar-refractivity contribution in [3.63, 3.8) is 0 Å². The second kappa shape index (κ2) is 6.18. The van der Waals surface area contributed by atoms with Gasteiger partial charge < -0.3 is 5.32 Å². The van der Waals surface area contributed by atoms with Gasteiger partial charge in [-0.25, -0.2) is 0 Å². The fraction of sp³-hybridized carbons (Fsp3) is 0.188. The molecule has 0 saturated carbocycles. The Morgan fingerprint density at radius 3 is 2.81 bits per heavy atom. The first kappa shape index (κ1) is 14.6. The molecule has 0 radical (unpaired) electrons. The summed E-state index contributed by atoms with van der Waals surface area (Å²) >= 11 is 9.75. The lowest BCUT2D eigenvalue weighted by Gasteiger charge is -2.06. The first-order valence-electron chi connectivity index (χ1n) is 6.72. The molecule has 0 saturated heterocycles. The van der Waals surface area contributed by atoms with Crippen molar-refractivity contribution in [2.45, 2.75) is 13.1 Å². The summed E-state index contributed by atoms with van der Waals surface area (Å²) in [5.41, 5.74) is 3.24. The Morgan fingerprint density at radius 1 is 1.24 bits per heavy atom. The molecule has 108 valence electrons. The maximum Gasteiger partial charge on any atom is 0.0841 e. The van der Waals surface area contributed by atoms with E-state index >= 15 is 0 Å². The second-order valence-electron chi connectivity index (χ2n) is 4.89. The van der Waals surface area contributed by atoms with Crippen molar-refractivity contribution < 1.29 is 0 Å². The van der Waals surface area contributed by atoms with E-state index in [1.165, 1.54) is 5.39 Å². The molecule has 1 heterocycles. The van der Waals surface area contributed by atoms with Gasteiger partial charge in [-0.3, -0.25) is 4.68 Å². The van der Waals surface area contributed by atoms with Gasteiger partial charge in [-0.1, -0.05) is 51.8 Å². The number of hydrogen-bond acceptors (Lipinski definition) is 2. The van der Waals surface area contributed by atoms with Gasteiger partial charge in [-0.2, -0.15) is 5.10 Å². The largest absolute Gasteiger partial charge is 0.314 e. The van der Waals surface area contributed by atoms with Crippen LogP contribution in [0.3, 0.4) is 0 Å². The third kappa shape index (κ3) is 2.98. The molecule has 0 unspecified atom stereocenters. The fourth-order valence-corrected chi connectivity index (χ4v) is 3.16. The predicted octanol–water partition coefficient (Wildman–Crippen LogP) is 4.22. The number of rotatable bonds is 4. The molecule has 21 heavy (non-hydrogen) atoms. The van der Waals surface area contributed by atoms with E-state index in [0.29, 0.717) is 6.54 Å². The van der Waals surface area contributed by atoms with E-state index < -0.39 is 0 Å². The second-order valence-corrected chi connectivity index (χ2v) is 6.21. The summed E-state index contributed by atoms with van der Waals surface area (Å²) < 4.78 is 2.99. The molecule has 1 aromatic heterocycles. The Labute approximate surface area is 137 Å². The van der Waals surface area contributed by atoms with Crippen LogP contribution in [0.5, 0.6) is 0 Å². The van der Waals surface area contributed by atoms with Crippen LogP contribution in [0.15, 0.2) is 46.9 Å². The first-order chi connectivity index (χ1) is 10.2. The maximum absolute atomic E-state index is 6.32. The third-order valence-corrected chi connectivity index (χ3v) is 4.26. The Balaban J connectivity index is 2.04. The van der Waals surface area contributed by atoms with Crippen molar-refractivity contribution in [3.8, 4) is 0 Å². The lowest BCUT2D eigenvalue weighted by atomic mass is 10.2. The van der Waals surface area contributed by atoms with Crippen LogP contribution in [0.25, 0.3) is 10.9 Å². The van der Waals surface area contributed by atoms with E-state index in [1.54, 1.807) is 0 Å². The first-order valence-corrected chi connectivity index (χ1v) is 7.89. The van der Waals surface area contributed by atoms with E-state index in [2.05, 4.69) is 33.4 Å². The topological polar surface area (TPSA) is 29.9 Å². The number of aromatic nitrogens is 2. The van der Waals surface area contributed by atoms with Crippen LogP contribution >= 0.6 is 27.5 Å². The Morgan fingerprint density at radius 2 is 2.05 bits per heavy atom. The summed E-state index contributed by atoms with van der Waals surface area (Å²) in [5, 5.41) is 9.82. The fourth-order valence-electron chi connectivity index (χ4n) is 2.43. The Kier molecular flexibility index (Phi) is 4.29. The van der Waals surface area contributed by atoms with Crippen LogP contribution < -0.4 is 5.32 Å². The highest BCUT2D eigenvalue weighted by Gasteiger charge is 2.11. The third-order valence-electron chi connectivity index (χ3n) is 3.41. The molecule has 0 atom stereocenters. The lowest BCUT2D eigenvalue weighted by molar-refractivity contribution is 0.677. The minimum absolute atomic E-state index is 0.663. The number of halogens is 2. The van der Waals surface area contributed by atoms with Crippen molar-refractivity contribution >= 4 is 38.4 Å². The number of para-hydroxylation sites is 1. The summed E-state index contributed by atoms with van der Waals surface area (Å²) in [7, 11) is 1.93. The highest BCUT2D eigenvalue weighted by Crippen LogP contribution is 2.24. The molecule has 3 rings (SSSR count). The molecule has 1 N–H and O–H groups in total. The zero-order valence-corrected chi connectivity index (χ0v) is 13.9. The zero-order valence-electron chi connectivity index (χ0n) is 11.6. The van der Waals surface area contributed by atoms with E-state index in [-0.39, 0.29) is 0 Å². The van der Waals surface area contributed by atoms with Gasteiger partial charge >= 0.3 is 0 Å². The van der Waals surface area contributed by atoms with Crippen molar-refractivity contribution in [2.75, 3.05) is 7.05 Å². The van der Waals surface area contributed by atoms with E-state index in [0.717, 1.165) is 32.8 Å². The summed E-state index contributed by atoms with van der Waals surface area (Å²) in [5.74, 6) is 0. The zero-order chi connectivity index (χ0) is 14.8. The van der Waals surface area contributed by atoms with Crippen molar-refractivity contribution in [1.29, 1.82) is 0 Å². The van der Waals surface area contributed by atoms with Crippen LogP contribution in [0.2, 0.25) is 5.02 Å². The normalized spacial score (nSPS) is 11.2. The molecule has 0 spiro atoms. The summed E-state index contributed by atoms with van der Waals surface area (Å²) in [4.78, 5) is 0. The van der Waals surface area contributed by atoms with Crippen LogP contribution in [0.1, 0.15) is 11.3 Å². The SMILES string of the molecule is CNCc1nn(Cc2ccc(Br)cc2Cl)c2ccccc12. The molecule has 0 aliphatic carbocycles. The molecule has 0 aliphatic heterocycles. The molecule has 0 bridgehead atoms. The maximum atomic E-state index is 6.32. The highest BCUT2D eigenvalue weighted by atomic mass is 79.9. The van der Waals surface area contributed by atoms with Gasteiger partial charge in [0.1, 0.15) is 0 Å². The molecular weight excluding hydrogens is 350 g/mol. The minimum Gasteiger partial charge on any atom is -0.314 e. The molecule has 0 fully saturated rings. The number of benzene rings is 2. The van der Waals surface area contributed by atoms with E-state index in [1.807, 2.05) is 42.1 Å². The van der Waals surface area contributed by atoms with Gasteiger partial charge in [-0.05, 0) is 30.8 Å². The summed E-state index contributed by atoms with van der Waals surface area (Å²) in [6, 6.07) is 14.2. The monoisotopic (exact) mass is 363 g/mol. The van der Waals surface area contributed by atoms with Gasteiger partial charge in [0, 0.05) is 21.4 Å². The van der Waals surface area contributed by atoms with E-state index in [4.69, 9.17) is 16.7 Å². The number of nitrogens with zero attached hydrogens (tertiary/aromatic N) is 2. The average molecular weight is 365 g/mol. The van der Waals surface area contributed by atoms with Crippen molar-refractivity contribution in [2.24, 2.45) is 0 Å². The quantitative estimate of drug-likeness (QED) is 0.751. The molecule has 3 nitrogen and oxygen atoms in total. The van der Waals surface area contributed by atoms with Gasteiger partial charge in [0.15, 0.2) is 0 Å². The number of nitrogens with one attached hydrogen (secondary N) is 1. The molecule has 5 heteroatoms. The smallest absolute Gasteiger partial charge is 0.0841 e. The molecular formula is C16H15BrClN3. The molecule has 3 aromatic rings. The molecule has 0 aliphatic rings. The summed E-state index contributed by atoms with van der Waals surface area (Å²) in [6.45, 7) is 1.41. The lowest BCUT2D eigenvalue weighted by Crippen LogP contribution is -2.08. The number of fused-ring (bicyclic) bond motifs is 1. The summed E-state index contributed by atoms with van der Waals surface area (Å²) in [6.07, 6.45) is 0. The Bertz CT molecular complexity index is 782. The van der Waals surface area contributed by atoms with Gasteiger partial charge in [0.05, 0.1) is 17.8 Å². The number of hydrogen-bond donors (Lipinski definition) is 1. The van der Waals surface area contributed by atoms with Crippen LogP contribution in [-0.2, 0) is 13.1 Å². The Hall–Kier alpha value is -1.36. The van der Waals surface area contributed by atoms with Gasteiger partial charge in [-0.15, -0.1) is 0 Å². The van der Waals surface area contributed by atoms with Crippen LogP contribution in [-0.4, -0.2) is 16.8 Å². The van der Waals surface area contributed by atoms with Gasteiger partial charge in [0.25, 0.3) is 0 Å². The van der Waals surface area contributed by atoms with Crippen molar-refractivity contribution in [3.05, 3.63) is 63.2 Å². The predicted molar refractivity (Wildman–Crippen MR) is 90.8 cm³/mol. The van der Waals surface area contributed by atoms with Crippen LogP contribution in [0, 0.1) is 0 Å². The van der Waals surface area contributed by atoms with Crippen LogP contribution in [0.4, 0.5) is 0 Å². The molecule has 0 amide bonds. The van der Waals surface area contributed by atoms with Crippen molar-refractivity contribution in [1.82, 2.24) is 15.1 Å². The van der Waals surface area contributed by atoms with Gasteiger partial charge in [0.2, 0.25) is 0 Å². The average Bonchev–Trinajstić information content (AvgIpc) is 2.81. The van der Waals surface area contributed by atoms with E-state index in [9.17, 15) is 0 Å². The molecule has 2 aromatic carbocycles. The minimum atomic E-state index is 0.663.